The average Bonchev–Trinajstić information content (AvgIpc) is 2.55. The minimum Gasteiger partial charge on any atom is -0.362 e. The summed E-state index contributed by atoms with van der Waals surface area (Å²) in [6, 6.07) is 19.9. The van der Waals surface area contributed by atoms with Crippen LogP contribution in [0, 0.1) is 0 Å². The van der Waals surface area contributed by atoms with Crippen molar-refractivity contribution in [2.45, 2.75) is 0 Å². The summed E-state index contributed by atoms with van der Waals surface area (Å²) < 4.78 is 0. The number of anilines is 1. The molecule has 0 amide bonds. The van der Waals surface area contributed by atoms with Crippen molar-refractivity contribution in [3.8, 4) is 0 Å². The molecule has 0 radical (unpaired) electrons. The number of nitrogens with zero attached hydrogens (tertiary/aromatic N) is 1. The first-order valence-electron chi connectivity index (χ1n) is 6.84. The molecule has 0 saturated carbocycles. The molecule has 0 saturated heterocycles. The smallest absolute Gasteiger partial charge is 0.0629 e. The van der Waals surface area contributed by atoms with Gasteiger partial charge in [-0.2, -0.15) is 0 Å². The summed E-state index contributed by atoms with van der Waals surface area (Å²) >= 11 is 0. The standard InChI is InChI=1S/C19H18N2.ClH/c1(2-10-16-20-18-12-6-4-7-13-18)3-11-17-21-19-14-8-5-9-15-19;/h1-17,20H;1H/b2-1+,11-3+,16-10+,21-17-;. The highest BCUT2D eigenvalue weighted by Crippen LogP contribution is 2.08. The Kier molecular flexibility index (Phi) is 8.83. The predicted molar refractivity (Wildman–Crippen MR) is 99.3 cm³/mol. The quantitative estimate of drug-likeness (QED) is 0.549. The Bertz CT molecular complexity index is 629. The van der Waals surface area contributed by atoms with Gasteiger partial charge in [0.15, 0.2) is 0 Å². The Morgan fingerprint density at radius 3 is 2.00 bits per heavy atom. The SMILES string of the molecule is C(/C=C/C=C/C=C/Nc1ccccc1)=N/c1ccccc1.Cl. The number of rotatable bonds is 6. The van der Waals surface area contributed by atoms with Gasteiger partial charge in [0, 0.05) is 18.1 Å². The number of aliphatic imine (C=N–C) groups is 1. The fraction of sp³-hybridized carbons (Fsp3) is 0. The summed E-state index contributed by atoms with van der Waals surface area (Å²) in [6.45, 7) is 0. The summed E-state index contributed by atoms with van der Waals surface area (Å²) in [5.41, 5.74) is 2.03. The van der Waals surface area contributed by atoms with Gasteiger partial charge in [-0.3, -0.25) is 4.99 Å². The molecule has 0 fully saturated rings. The van der Waals surface area contributed by atoms with E-state index in [1.54, 1.807) is 6.21 Å². The van der Waals surface area contributed by atoms with Gasteiger partial charge in [-0.15, -0.1) is 12.4 Å². The minimum atomic E-state index is 0. The lowest BCUT2D eigenvalue weighted by molar-refractivity contribution is 1.54. The maximum atomic E-state index is 4.30. The van der Waals surface area contributed by atoms with Crippen molar-refractivity contribution in [1.82, 2.24) is 0 Å². The Labute approximate surface area is 138 Å². The first-order valence-corrected chi connectivity index (χ1v) is 6.84. The van der Waals surface area contributed by atoms with Crippen LogP contribution in [0.15, 0.2) is 102 Å². The second-order valence-corrected chi connectivity index (χ2v) is 4.25. The van der Waals surface area contributed by atoms with Crippen LogP contribution in [0.4, 0.5) is 11.4 Å². The Hall–Kier alpha value is -2.58. The second-order valence-electron chi connectivity index (χ2n) is 4.25. The van der Waals surface area contributed by atoms with E-state index in [2.05, 4.69) is 10.3 Å². The zero-order valence-electron chi connectivity index (χ0n) is 12.2. The number of allylic oxidation sites excluding steroid dienone is 5. The molecular formula is C19H19ClN2. The van der Waals surface area contributed by atoms with Gasteiger partial charge < -0.3 is 5.32 Å². The van der Waals surface area contributed by atoms with E-state index in [0.29, 0.717) is 0 Å². The average molecular weight is 311 g/mol. The van der Waals surface area contributed by atoms with Gasteiger partial charge in [0.05, 0.1) is 5.69 Å². The van der Waals surface area contributed by atoms with Crippen LogP contribution in [0.25, 0.3) is 0 Å². The molecule has 2 aromatic carbocycles. The summed E-state index contributed by atoms with van der Waals surface area (Å²) in [6.07, 6.45) is 13.4. The van der Waals surface area contributed by atoms with Crippen LogP contribution in [0.3, 0.4) is 0 Å². The monoisotopic (exact) mass is 310 g/mol. The maximum Gasteiger partial charge on any atom is 0.0629 e. The molecule has 1 N–H and O–H groups in total. The maximum absolute atomic E-state index is 4.30. The molecule has 0 spiro atoms. The van der Waals surface area contributed by atoms with Gasteiger partial charge in [0.25, 0.3) is 0 Å². The number of halogens is 1. The minimum absolute atomic E-state index is 0. The molecule has 0 heterocycles. The Balaban J connectivity index is 0.00000242. The fourth-order valence-corrected chi connectivity index (χ4v) is 1.62. The third-order valence-electron chi connectivity index (χ3n) is 2.63. The molecule has 0 bridgehead atoms. The van der Waals surface area contributed by atoms with E-state index in [0.717, 1.165) is 11.4 Å². The van der Waals surface area contributed by atoms with E-state index in [-0.39, 0.29) is 12.4 Å². The number of hydrogen-bond acceptors (Lipinski definition) is 2. The van der Waals surface area contributed by atoms with Crippen molar-refractivity contribution >= 4 is 30.0 Å². The highest BCUT2D eigenvalue weighted by atomic mass is 35.5. The molecule has 112 valence electrons. The topological polar surface area (TPSA) is 24.4 Å². The van der Waals surface area contributed by atoms with Crippen LogP contribution in [0.1, 0.15) is 0 Å². The number of nitrogens with one attached hydrogen (secondary N) is 1. The Morgan fingerprint density at radius 2 is 1.27 bits per heavy atom. The summed E-state index contributed by atoms with van der Waals surface area (Å²) in [5, 5.41) is 3.19. The third kappa shape index (κ3) is 7.27. The van der Waals surface area contributed by atoms with Gasteiger partial charge in [0.1, 0.15) is 0 Å². The lowest BCUT2D eigenvalue weighted by Crippen LogP contribution is -1.84. The molecule has 2 rings (SSSR count). The molecule has 0 aliphatic heterocycles. The van der Waals surface area contributed by atoms with Crippen LogP contribution in [0.5, 0.6) is 0 Å². The van der Waals surface area contributed by atoms with Crippen molar-refractivity contribution in [3.05, 3.63) is 97.2 Å². The summed E-state index contributed by atoms with van der Waals surface area (Å²) in [7, 11) is 0. The van der Waals surface area contributed by atoms with Crippen molar-refractivity contribution < 1.29 is 0 Å². The first kappa shape index (κ1) is 17.5. The van der Waals surface area contributed by atoms with Crippen molar-refractivity contribution in [3.63, 3.8) is 0 Å². The zero-order chi connectivity index (χ0) is 14.6. The zero-order valence-corrected chi connectivity index (χ0v) is 13.0. The molecule has 0 aliphatic carbocycles. The van der Waals surface area contributed by atoms with Crippen LogP contribution in [-0.4, -0.2) is 6.21 Å². The van der Waals surface area contributed by atoms with Crippen LogP contribution >= 0.6 is 12.4 Å². The third-order valence-corrected chi connectivity index (χ3v) is 2.63. The highest BCUT2D eigenvalue weighted by Gasteiger charge is 1.81. The molecule has 22 heavy (non-hydrogen) atoms. The second kappa shape index (κ2) is 11.1. The lowest BCUT2D eigenvalue weighted by atomic mass is 10.3. The number of benzene rings is 2. The number of hydrogen-bond donors (Lipinski definition) is 1. The van der Waals surface area contributed by atoms with E-state index in [4.69, 9.17) is 0 Å². The Morgan fingerprint density at radius 1 is 0.682 bits per heavy atom. The van der Waals surface area contributed by atoms with Crippen LogP contribution in [0.2, 0.25) is 0 Å². The lowest BCUT2D eigenvalue weighted by Gasteiger charge is -1.97. The summed E-state index contributed by atoms with van der Waals surface area (Å²) in [4.78, 5) is 4.30. The molecule has 2 nitrogen and oxygen atoms in total. The van der Waals surface area contributed by atoms with E-state index in [9.17, 15) is 0 Å². The van der Waals surface area contributed by atoms with Crippen molar-refractivity contribution in [2.75, 3.05) is 5.32 Å². The molecule has 0 aromatic heterocycles. The van der Waals surface area contributed by atoms with Gasteiger partial charge in [-0.1, -0.05) is 54.6 Å². The van der Waals surface area contributed by atoms with Gasteiger partial charge in [-0.25, -0.2) is 0 Å². The molecule has 3 heteroatoms. The molecule has 2 aromatic rings. The van der Waals surface area contributed by atoms with Crippen molar-refractivity contribution in [2.24, 2.45) is 4.99 Å². The predicted octanol–water partition coefficient (Wildman–Crippen LogP) is 5.55. The molecule has 0 atom stereocenters. The van der Waals surface area contributed by atoms with E-state index >= 15 is 0 Å². The molecular weight excluding hydrogens is 292 g/mol. The van der Waals surface area contributed by atoms with Gasteiger partial charge in [0.2, 0.25) is 0 Å². The van der Waals surface area contributed by atoms with E-state index in [1.165, 1.54) is 0 Å². The number of para-hydroxylation sites is 2. The van der Waals surface area contributed by atoms with E-state index < -0.39 is 0 Å². The molecule has 0 unspecified atom stereocenters. The largest absolute Gasteiger partial charge is 0.362 e. The molecule has 0 aliphatic rings. The fourth-order valence-electron chi connectivity index (χ4n) is 1.62. The first-order chi connectivity index (χ1) is 10.4. The van der Waals surface area contributed by atoms with Gasteiger partial charge >= 0.3 is 0 Å². The van der Waals surface area contributed by atoms with Crippen LogP contribution < -0.4 is 5.32 Å². The van der Waals surface area contributed by atoms with E-state index in [1.807, 2.05) is 97.2 Å². The highest BCUT2D eigenvalue weighted by molar-refractivity contribution is 5.85. The van der Waals surface area contributed by atoms with Gasteiger partial charge in [-0.05, 0) is 36.4 Å². The van der Waals surface area contributed by atoms with Crippen LogP contribution in [-0.2, 0) is 0 Å². The normalized spacial score (nSPS) is 11.5. The summed E-state index contributed by atoms with van der Waals surface area (Å²) in [5.74, 6) is 0. The van der Waals surface area contributed by atoms with Crippen molar-refractivity contribution in [1.29, 1.82) is 0 Å².